The molecule has 0 atom stereocenters. The van der Waals surface area contributed by atoms with Crippen molar-refractivity contribution in [2.24, 2.45) is 0 Å². The molecule has 6 nitrogen and oxygen atoms in total. The van der Waals surface area contributed by atoms with Crippen LogP contribution in [0.5, 0.6) is 0 Å². The summed E-state index contributed by atoms with van der Waals surface area (Å²) in [7, 11) is -3.87. The Morgan fingerprint density at radius 2 is 1.62 bits per heavy atom. The molecule has 1 fully saturated rings. The number of amides is 1. The van der Waals surface area contributed by atoms with E-state index in [2.05, 4.69) is 6.07 Å². The summed E-state index contributed by atoms with van der Waals surface area (Å²) in [4.78, 5) is 16.4. The van der Waals surface area contributed by atoms with Gasteiger partial charge in [0.15, 0.2) is 0 Å². The Balaban J connectivity index is 1.38. The van der Waals surface area contributed by atoms with Crippen LogP contribution in [0.4, 0.5) is 10.1 Å². The average molecular weight is 418 g/mol. The highest BCUT2D eigenvalue weighted by Crippen LogP contribution is 2.27. The number of benzene rings is 2. The van der Waals surface area contributed by atoms with Gasteiger partial charge in [0.2, 0.25) is 15.9 Å². The number of carbonyl (C=O) groups excluding carboxylic acids is 1. The zero-order valence-corrected chi connectivity index (χ0v) is 16.9. The van der Waals surface area contributed by atoms with Crippen molar-refractivity contribution in [3.05, 3.63) is 59.9 Å². The number of carbonyl (C=O) groups is 1. The SMILES string of the molecule is O=C(CN1CCN(S(=O)(=O)c2ccccc2F)CC1)N1CCCc2ccccc21. The monoisotopic (exact) mass is 417 g/mol. The van der Waals surface area contributed by atoms with Gasteiger partial charge in [-0.3, -0.25) is 9.69 Å². The predicted octanol–water partition coefficient (Wildman–Crippen LogP) is 2.11. The number of sulfonamides is 1. The van der Waals surface area contributed by atoms with Gasteiger partial charge < -0.3 is 4.90 Å². The molecule has 0 unspecified atom stereocenters. The molecular formula is C21H24FN3O3S. The van der Waals surface area contributed by atoms with Gasteiger partial charge in [-0.2, -0.15) is 4.31 Å². The van der Waals surface area contributed by atoms with Crippen molar-refractivity contribution in [1.29, 1.82) is 0 Å². The summed E-state index contributed by atoms with van der Waals surface area (Å²) in [6, 6.07) is 13.4. The average Bonchev–Trinajstić information content (AvgIpc) is 2.74. The first-order chi connectivity index (χ1) is 14.0. The predicted molar refractivity (Wildman–Crippen MR) is 109 cm³/mol. The number of anilines is 1. The molecule has 2 aliphatic rings. The van der Waals surface area contributed by atoms with Crippen LogP contribution in [0.3, 0.4) is 0 Å². The third kappa shape index (κ3) is 4.05. The Bertz CT molecular complexity index is 1000. The summed E-state index contributed by atoms with van der Waals surface area (Å²) < 4.78 is 40.7. The minimum atomic E-state index is -3.87. The molecule has 1 amide bonds. The summed E-state index contributed by atoms with van der Waals surface area (Å²) in [6.07, 6.45) is 1.92. The molecule has 8 heteroatoms. The van der Waals surface area contributed by atoms with Crippen LogP contribution in [0.25, 0.3) is 0 Å². The van der Waals surface area contributed by atoms with Crippen LogP contribution in [0.1, 0.15) is 12.0 Å². The van der Waals surface area contributed by atoms with Gasteiger partial charge in [-0.25, -0.2) is 12.8 Å². The summed E-state index contributed by atoms with van der Waals surface area (Å²) in [5, 5.41) is 0. The van der Waals surface area contributed by atoms with Gasteiger partial charge in [0, 0.05) is 38.4 Å². The van der Waals surface area contributed by atoms with E-state index < -0.39 is 15.8 Å². The van der Waals surface area contributed by atoms with Gasteiger partial charge >= 0.3 is 0 Å². The van der Waals surface area contributed by atoms with Crippen LogP contribution in [0.15, 0.2) is 53.4 Å². The highest BCUT2D eigenvalue weighted by atomic mass is 32.2. The zero-order chi connectivity index (χ0) is 20.4. The van der Waals surface area contributed by atoms with Crippen LogP contribution in [-0.4, -0.2) is 62.8 Å². The van der Waals surface area contributed by atoms with E-state index in [0.29, 0.717) is 19.6 Å². The highest BCUT2D eigenvalue weighted by molar-refractivity contribution is 7.89. The standard InChI is InChI=1S/C21H24FN3O3S/c22-18-8-2-4-10-20(18)29(27,28)24-14-12-23(13-15-24)16-21(26)25-11-5-7-17-6-1-3-9-19(17)25/h1-4,6,8-10H,5,7,11-16H2. The molecule has 2 heterocycles. The molecule has 0 radical (unpaired) electrons. The first-order valence-corrected chi connectivity index (χ1v) is 11.3. The number of aryl methyl sites for hydroxylation is 1. The second-order valence-corrected chi connectivity index (χ2v) is 9.29. The molecule has 2 aromatic rings. The lowest BCUT2D eigenvalue weighted by atomic mass is 10.0. The number of nitrogens with zero attached hydrogens (tertiary/aromatic N) is 3. The molecular weight excluding hydrogens is 393 g/mol. The van der Waals surface area contributed by atoms with Crippen molar-refractivity contribution in [3.8, 4) is 0 Å². The van der Waals surface area contributed by atoms with Gasteiger partial charge in [-0.15, -0.1) is 0 Å². The molecule has 0 N–H and O–H groups in total. The summed E-state index contributed by atoms with van der Waals surface area (Å²) in [5.41, 5.74) is 2.16. The van der Waals surface area contributed by atoms with Crippen molar-refractivity contribution < 1.29 is 17.6 Å². The summed E-state index contributed by atoms with van der Waals surface area (Å²) in [6.45, 7) is 2.31. The summed E-state index contributed by atoms with van der Waals surface area (Å²) in [5.74, 6) is -0.712. The van der Waals surface area contributed by atoms with Gasteiger partial charge in [-0.05, 0) is 36.6 Å². The molecule has 0 aromatic heterocycles. The Hall–Kier alpha value is -2.29. The Morgan fingerprint density at radius 1 is 0.931 bits per heavy atom. The molecule has 0 saturated carbocycles. The molecule has 2 aliphatic heterocycles. The maximum absolute atomic E-state index is 13.9. The van der Waals surface area contributed by atoms with E-state index in [-0.39, 0.29) is 30.4 Å². The zero-order valence-electron chi connectivity index (χ0n) is 16.1. The van der Waals surface area contributed by atoms with E-state index in [0.717, 1.165) is 24.6 Å². The van der Waals surface area contributed by atoms with Crippen LogP contribution >= 0.6 is 0 Å². The number of para-hydroxylation sites is 1. The lowest BCUT2D eigenvalue weighted by Gasteiger charge is -2.36. The number of rotatable bonds is 4. The minimum absolute atomic E-state index is 0.0301. The molecule has 2 aromatic carbocycles. The highest BCUT2D eigenvalue weighted by Gasteiger charge is 2.32. The molecule has 29 heavy (non-hydrogen) atoms. The molecule has 0 bridgehead atoms. The lowest BCUT2D eigenvalue weighted by molar-refractivity contribution is -0.120. The van der Waals surface area contributed by atoms with E-state index in [1.807, 2.05) is 28.0 Å². The fraction of sp³-hybridized carbons (Fsp3) is 0.381. The number of piperazine rings is 1. The fourth-order valence-corrected chi connectivity index (χ4v) is 5.48. The topological polar surface area (TPSA) is 60.9 Å². The quantitative estimate of drug-likeness (QED) is 0.765. The minimum Gasteiger partial charge on any atom is -0.311 e. The maximum atomic E-state index is 13.9. The Kier molecular flexibility index (Phi) is 5.67. The third-order valence-corrected chi connectivity index (χ3v) is 7.49. The largest absolute Gasteiger partial charge is 0.311 e. The lowest BCUT2D eigenvalue weighted by Crippen LogP contribution is -2.52. The maximum Gasteiger partial charge on any atom is 0.246 e. The number of hydrogen-bond donors (Lipinski definition) is 0. The molecule has 154 valence electrons. The Labute approximate surface area is 170 Å². The number of fused-ring (bicyclic) bond motifs is 1. The van der Waals surface area contributed by atoms with Crippen molar-refractivity contribution in [2.45, 2.75) is 17.7 Å². The van der Waals surface area contributed by atoms with Gasteiger partial charge in [-0.1, -0.05) is 30.3 Å². The first-order valence-electron chi connectivity index (χ1n) is 9.82. The van der Waals surface area contributed by atoms with E-state index in [1.54, 1.807) is 0 Å². The van der Waals surface area contributed by atoms with Crippen LogP contribution in [0, 0.1) is 5.82 Å². The fourth-order valence-electron chi connectivity index (χ4n) is 3.99. The van der Waals surface area contributed by atoms with Crippen LogP contribution < -0.4 is 4.90 Å². The van der Waals surface area contributed by atoms with Gasteiger partial charge in [0.05, 0.1) is 6.54 Å². The summed E-state index contributed by atoms with van der Waals surface area (Å²) >= 11 is 0. The van der Waals surface area contributed by atoms with Crippen LogP contribution in [0.2, 0.25) is 0 Å². The second kappa shape index (κ2) is 8.22. The van der Waals surface area contributed by atoms with Crippen LogP contribution in [-0.2, 0) is 21.2 Å². The third-order valence-electron chi connectivity index (χ3n) is 5.56. The van der Waals surface area contributed by atoms with E-state index in [1.165, 1.54) is 28.1 Å². The number of halogens is 1. The van der Waals surface area contributed by atoms with E-state index in [9.17, 15) is 17.6 Å². The number of hydrogen-bond acceptors (Lipinski definition) is 4. The van der Waals surface area contributed by atoms with E-state index in [4.69, 9.17) is 0 Å². The van der Waals surface area contributed by atoms with Crippen molar-refractivity contribution in [1.82, 2.24) is 9.21 Å². The van der Waals surface area contributed by atoms with E-state index >= 15 is 0 Å². The normalized spacial score (nSPS) is 18.4. The second-order valence-electron chi connectivity index (χ2n) is 7.39. The van der Waals surface area contributed by atoms with Crippen molar-refractivity contribution >= 4 is 21.6 Å². The molecule has 1 saturated heterocycles. The molecule has 4 rings (SSSR count). The first kappa shape index (κ1) is 20.0. The van der Waals surface area contributed by atoms with Crippen molar-refractivity contribution in [3.63, 3.8) is 0 Å². The smallest absolute Gasteiger partial charge is 0.246 e. The molecule has 0 aliphatic carbocycles. The molecule has 0 spiro atoms. The van der Waals surface area contributed by atoms with Gasteiger partial charge in [0.25, 0.3) is 0 Å². The Morgan fingerprint density at radius 3 is 2.38 bits per heavy atom. The van der Waals surface area contributed by atoms with Crippen molar-refractivity contribution in [2.75, 3.05) is 44.2 Å². The van der Waals surface area contributed by atoms with Gasteiger partial charge in [0.1, 0.15) is 10.7 Å².